The molecular weight excluding hydrogens is 280 g/mol. The highest BCUT2D eigenvalue weighted by atomic mass is 32.1. The maximum Gasteiger partial charge on any atom is 0.193 e. The lowest BCUT2D eigenvalue weighted by Crippen LogP contribution is -2.48. The van der Waals surface area contributed by atoms with E-state index in [9.17, 15) is 0 Å². The van der Waals surface area contributed by atoms with Crippen molar-refractivity contribution in [2.75, 3.05) is 40.8 Å². The van der Waals surface area contributed by atoms with E-state index >= 15 is 0 Å². The summed E-state index contributed by atoms with van der Waals surface area (Å²) in [5.41, 5.74) is 0. The van der Waals surface area contributed by atoms with Crippen LogP contribution in [-0.4, -0.2) is 56.5 Å². The molecule has 0 aromatic carbocycles. The lowest BCUT2D eigenvalue weighted by molar-refractivity contribution is 0.258. The summed E-state index contributed by atoms with van der Waals surface area (Å²) in [5, 5.41) is 5.72. The molecule has 2 heterocycles. The van der Waals surface area contributed by atoms with Gasteiger partial charge in [0.1, 0.15) is 0 Å². The van der Waals surface area contributed by atoms with Crippen molar-refractivity contribution in [3.05, 3.63) is 22.4 Å². The first-order chi connectivity index (χ1) is 10.1. The molecular formula is C16H28N4S. The van der Waals surface area contributed by atoms with Crippen molar-refractivity contribution < 1.29 is 0 Å². The van der Waals surface area contributed by atoms with Gasteiger partial charge in [0.05, 0.1) is 6.04 Å². The van der Waals surface area contributed by atoms with E-state index in [4.69, 9.17) is 0 Å². The van der Waals surface area contributed by atoms with Crippen LogP contribution in [0.1, 0.15) is 30.7 Å². The summed E-state index contributed by atoms with van der Waals surface area (Å²) < 4.78 is 0. The van der Waals surface area contributed by atoms with Crippen LogP contribution in [0.2, 0.25) is 0 Å². The SMILES string of the molecule is CN=C(NCC(c1cccs1)N(C)C)N1CCCC(C)C1. The fourth-order valence-electron chi connectivity index (χ4n) is 2.92. The van der Waals surface area contributed by atoms with Gasteiger partial charge in [0.2, 0.25) is 0 Å². The Morgan fingerprint density at radius 3 is 2.95 bits per heavy atom. The average Bonchev–Trinajstić information content (AvgIpc) is 2.97. The highest BCUT2D eigenvalue weighted by Gasteiger charge is 2.21. The van der Waals surface area contributed by atoms with Gasteiger partial charge in [-0.25, -0.2) is 0 Å². The zero-order valence-corrected chi connectivity index (χ0v) is 14.5. The molecule has 5 heteroatoms. The number of guanidine groups is 1. The Balaban J connectivity index is 1.95. The molecule has 2 atom stereocenters. The van der Waals surface area contributed by atoms with Gasteiger partial charge in [0.15, 0.2) is 5.96 Å². The molecule has 2 unspecified atom stereocenters. The standard InChI is InChI=1S/C16H28N4S/c1-13-7-5-9-20(12-13)16(17-2)18-11-14(19(3)4)15-8-6-10-21-15/h6,8,10,13-14H,5,7,9,11-12H2,1-4H3,(H,17,18). The Kier molecular flexibility index (Phi) is 6.06. The van der Waals surface area contributed by atoms with Crippen LogP contribution in [0.25, 0.3) is 0 Å². The minimum absolute atomic E-state index is 0.393. The second-order valence-corrected chi connectivity index (χ2v) is 7.10. The smallest absolute Gasteiger partial charge is 0.193 e. The third kappa shape index (κ3) is 4.45. The maximum atomic E-state index is 4.48. The summed E-state index contributed by atoms with van der Waals surface area (Å²) >= 11 is 1.82. The first-order valence-corrected chi connectivity index (χ1v) is 8.65. The van der Waals surface area contributed by atoms with E-state index in [1.807, 2.05) is 18.4 Å². The predicted molar refractivity (Wildman–Crippen MR) is 92.1 cm³/mol. The van der Waals surface area contributed by atoms with Crippen LogP contribution in [0.3, 0.4) is 0 Å². The van der Waals surface area contributed by atoms with Crippen molar-refractivity contribution >= 4 is 17.3 Å². The van der Waals surface area contributed by atoms with Crippen LogP contribution < -0.4 is 5.32 Å². The van der Waals surface area contributed by atoms with Gasteiger partial charge in [-0.3, -0.25) is 4.99 Å². The van der Waals surface area contributed by atoms with Gasteiger partial charge in [-0.15, -0.1) is 11.3 Å². The lowest BCUT2D eigenvalue weighted by atomic mass is 10.0. The summed E-state index contributed by atoms with van der Waals surface area (Å²) in [6.45, 7) is 5.46. The van der Waals surface area contributed by atoms with E-state index in [0.29, 0.717) is 6.04 Å². The minimum atomic E-state index is 0.393. The number of likely N-dealkylation sites (N-methyl/N-ethyl adjacent to an activating group) is 1. The van der Waals surface area contributed by atoms with Crippen molar-refractivity contribution in [1.29, 1.82) is 0 Å². The molecule has 0 aliphatic carbocycles. The number of rotatable bonds is 4. The van der Waals surface area contributed by atoms with Gasteiger partial charge in [0.25, 0.3) is 0 Å². The van der Waals surface area contributed by atoms with E-state index in [-0.39, 0.29) is 0 Å². The molecule has 1 fully saturated rings. The largest absolute Gasteiger partial charge is 0.354 e. The fourth-order valence-corrected chi connectivity index (χ4v) is 3.84. The fraction of sp³-hybridized carbons (Fsp3) is 0.688. The van der Waals surface area contributed by atoms with Crippen LogP contribution in [-0.2, 0) is 0 Å². The normalized spacial score (nSPS) is 21.7. The topological polar surface area (TPSA) is 30.9 Å². The second-order valence-electron chi connectivity index (χ2n) is 6.12. The average molecular weight is 308 g/mol. The summed E-state index contributed by atoms with van der Waals surface area (Å²) in [6.07, 6.45) is 2.60. The minimum Gasteiger partial charge on any atom is -0.354 e. The number of hydrogen-bond acceptors (Lipinski definition) is 3. The summed E-state index contributed by atoms with van der Waals surface area (Å²) in [5.74, 6) is 1.81. The molecule has 118 valence electrons. The number of hydrogen-bond donors (Lipinski definition) is 1. The summed E-state index contributed by atoms with van der Waals surface area (Å²) in [7, 11) is 6.16. The Hall–Kier alpha value is -1.07. The molecule has 2 rings (SSSR count). The Morgan fingerprint density at radius 1 is 1.57 bits per heavy atom. The van der Waals surface area contributed by atoms with Crippen LogP contribution in [0.15, 0.2) is 22.5 Å². The van der Waals surface area contributed by atoms with Crippen molar-refractivity contribution in [2.24, 2.45) is 10.9 Å². The summed E-state index contributed by atoms with van der Waals surface area (Å²) in [6, 6.07) is 4.73. The Bertz CT molecular complexity index is 441. The molecule has 1 aliphatic rings. The molecule has 21 heavy (non-hydrogen) atoms. The van der Waals surface area contributed by atoms with Crippen molar-refractivity contribution in [3.8, 4) is 0 Å². The number of nitrogens with one attached hydrogen (secondary N) is 1. The van der Waals surface area contributed by atoms with Gasteiger partial charge in [-0.05, 0) is 44.3 Å². The van der Waals surface area contributed by atoms with Gasteiger partial charge in [0, 0.05) is 31.6 Å². The predicted octanol–water partition coefficient (Wildman–Crippen LogP) is 2.66. The highest BCUT2D eigenvalue weighted by Crippen LogP contribution is 2.22. The Labute approximate surface area is 132 Å². The van der Waals surface area contributed by atoms with Crippen LogP contribution >= 0.6 is 11.3 Å². The zero-order chi connectivity index (χ0) is 15.2. The zero-order valence-electron chi connectivity index (χ0n) is 13.7. The first-order valence-electron chi connectivity index (χ1n) is 7.77. The molecule has 1 saturated heterocycles. The van der Waals surface area contributed by atoms with Crippen molar-refractivity contribution in [3.63, 3.8) is 0 Å². The van der Waals surface area contributed by atoms with E-state index < -0.39 is 0 Å². The molecule has 0 spiro atoms. The number of nitrogens with zero attached hydrogens (tertiary/aromatic N) is 3. The van der Waals surface area contributed by atoms with Gasteiger partial charge < -0.3 is 15.1 Å². The monoisotopic (exact) mass is 308 g/mol. The number of thiophene rings is 1. The molecule has 1 aromatic heterocycles. The van der Waals surface area contributed by atoms with Crippen molar-refractivity contribution in [2.45, 2.75) is 25.8 Å². The van der Waals surface area contributed by atoms with Crippen LogP contribution in [0, 0.1) is 5.92 Å². The molecule has 1 N–H and O–H groups in total. The van der Waals surface area contributed by atoms with Gasteiger partial charge >= 0.3 is 0 Å². The summed E-state index contributed by atoms with van der Waals surface area (Å²) in [4.78, 5) is 10.5. The molecule has 0 bridgehead atoms. The van der Waals surface area contributed by atoms with Gasteiger partial charge in [-0.1, -0.05) is 13.0 Å². The number of piperidine rings is 1. The van der Waals surface area contributed by atoms with Crippen molar-refractivity contribution in [1.82, 2.24) is 15.1 Å². The Morgan fingerprint density at radius 2 is 2.38 bits per heavy atom. The maximum absolute atomic E-state index is 4.48. The van der Waals surface area contributed by atoms with Crippen LogP contribution in [0.5, 0.6) is 0 Å². The van der Waals surface area contributed by atoms with E-state index in [0.717, 1.165) is 31.5 Å². The van der Waals surface area contributed by atoms with E-state index in [1.165, 1.54) is 17.7 Å². The third-order valence-corrected chi connectivity index (χ3v) is 5.09. The lowest BCUT2D eigenvalue weighted by Gasteiger charge is -2.34. The van der Waals surface area contributed by atoms with E-state index in [1.54, 1.807) is 0 Å². The molecule has 0 amide bonds. The van der Waals surface area contributed by atoms with Gasteiger partial charge in [-0.2, -0.15) is 0 Å². The molecule has 4 nitrogen and oxygen atoms in total. The molecule has 0 saturated carbocycles. The van der Waals surface area contributed by atoms with E-state index in [2.05, 4.69) is 58.6 Å². The third-order valence-electron chi connectivity index (χ3n) is 4.12. The van der Waals surface area contributed by atoms with Crippen LogP contribution in [0.4, 0.5) is 0 Å². The first kappa shape index (κ1) is 16.3. The quantitative estimate of drug-likeness (QED) is 0.685. The number of likely N-dealkylation sites (tertiary alicyclic amines) is 1. The second kappa shape index (κ2) is 7.80. The molecule has 1 aliphatic heterocycles. The molecule has 0 radical (unpaired) electrons. The number of aliphatic imine (C=N–C) groups is 1. The highest BCUT2D eigenvalue weighted by molar-refractivity contribution is 7.10. The molecule has 1 aromatic rings.